The van der Waals surface area contributed by atoms with Crippen molar-refractivity contribution in [3.8, 4) is 0 Å². The first-order chi connectivity index (χ1) is 27.6. The van der Waals surface area contributed by atoms with E-state index in [4.69, 9.17) is 22.9 Å². The van der Waals surface area contributed by atoms with Crippen molar-refractivity contribution < 1.29 is 24.0 Å². The first kappa shape index (κ1) is 44.1. The number of ketones is 2. The van der Waals surface area contributed by atoms with E-state index < -0.39 is 47.7 Å². The molecular weight excluding hydrogens is 721 g/mol. The molecule has 5 atom stereocenters. The van der Waals surface area contributed by atoms with Crippen molar-refractivity contribution in [1.29, 1.82) is 0 Å². The van der Waals surface area contributed by atoms with Crippen LogP contribution in [0.25, 0.3) is 0 Å². The number of nitrogens with two attached hydrogens (primary N) is 4. The second-order valence-electron chi connectivity index (χ2n) is 16.7. The van der Waals surface area contributed by atoms with Crippen molar-refractivity contribution in [3.05, 3.63) is 65.0 Å². The van der Waals surface area contributed by atoms with Crippen LogP contribution in [-0.2, 0) is 27.3 Å². The van der Waals surface area contributed by atoms with Gasteiger partial charge in [-0.25, -0.2) is 0 Å². The zero-order valence-corrected chi connectivity index (χ0v) is 33.7. The molecule has 13 heteroatoms. The van der Waals surface area contributed by atoms with Crippen LogP contribution >= 0.6 is 0 Å². The largest absolute Gasteiger partial charge is 0.349 e. The average Bonchev–Trinajstić information content (AvgIpc) is 3.73. The minimum Gasteiger partial charge on any atom is -0.349 e. The molecule has 10 N–H and O–H groups in total. The fraction of sp³-hybridized carbons (Fsp3) is 0.636. The number of pyridine rings is 1. The molecule has 2 aliphatic carbocycles. The van der Waals surface area contributed by atoms with Crippen molar-refractivity contribution in [2.75, 3.05) is 13.1 Å². The van der Waals surface area contributed by atoms with Gasteiger partial charge >= 0.3 is 0 Å². The van der Waals surface area contributed by atoms with E-state index in [0.29, 0.717) is 76.3 Å². The number of hydrogen-bond donors (Lipinski definition) is 6. The Balaban J connectivity index is 1.36. The summed E-state index contributed by atoms with van der Waals surface area (Å²) in [6.07, 6.45) is 16.4. The Morgan fingerprint density at radius 3 is 2.05 bits per heavy atom. The highest BCUT2D eigenvalue weighted by atomic mass is 16.2. The van der Waals surface area contributed by atoms with E-state index in [-0.39, 0.29) is 35.2 Å². The SMILES string of the molecule is NCCCC[C@H](NC(=O)[C@@H](N)Cc1ccccc1)C(=O)N1CCC[C@H]1C(=O)c1ccnc(CNC(=O)[C@@H](N)CC2CCCCC2)c1C(=O)[C@H](N)CC1CCCCC1. The summed E-state index contributed by atoms with van der Waals surface area (Å²) in [7, 11) is 0. The number of carbonyl (C=O) groups excluding carboxylic acids is 5. The molecule has 13 nitrogen and oxygen atoms in total. The molecule has 3 aliphatic rings. The zero-order chi connectivity index (χ0) is 40.7. The number of carbonyl (C=O) groups is 5. The van der Waals surface area contributed by atoms with E-state index in [0.717, 1.165) is 56.9 Å². The van der Waals surface area contributed by atoms with E-state index in [1.165, 1.54) is 30.0 Å². The van der Waals surface area contributed by atoms with Gasteiger partial charge in [0.05, 0.1) is 42.0 Å². The van der Waals surface area contributed by atoms with E-state index in [1.807, 2.05) is 30.3 Å². The molecule has 0 spiro atoms. The number of hydrogen-bond acceptors (Lipinski definition) is 10. The van der Waals surface area contributed by atoms with E-state index in [1.54, 1.807) is 0 Å². The van der Waals surface area contributed by atoms with Crippen molar-refractivity contribution >= 4 is 29.3 Å². The van der Waals surface area contributed by atoms with Crippen molar-refractivity contribution in [1.82, 2.24) is 20.5 Å². The van der Waals surface area contributed by atoms with E-state index in [2.05, 4.69) is 15.6 Å². The van der Waals surface area contributed by atoms with Gasteiger partial charge in [-0.2, -0.15) is 0 Å². The van der Waals surface area contributed by atoms with Crippen LogP contribution in [0.15, 0.2) is 42.6 Å². The number of aromatic nitrogens is 1. The molecule has 3 amide bonds. The smallest absolute Gasteiger partial charge is 0.245 e. The van der Waals surface area contributed by atoms with Crippen LogP contribution in [0.4, 0.5) is 0 Å². The molecule has 2 saturated carbocycles. The summed E-state index contributed by atoms with van der Waals surface area (Å²) in [6, 6.07) is 6.72. The topological polar surface area (TPSA) is 230 Å². The van der Waals surface area contributed by atoms with Gasteiger partial charge in [-0.05, 0) is 81.4 Å². The summed E-state index contributed by atoms with van der Waals surface area (Å²) in [4.78, 5) is 76.1. The quantitative estimate of drug-likeness (QED) is 0.0839. The first-order valence-corrected chi connectivity index (χ1v) is 21.5. The third kappa shape index (κ3) is 12.5. The molecule has 1 aromatic carbocycles. The number of amides is 3. The molecule has 5 rings (SSSR count). The van der Waals surface area contributed by atoms with E-state index >= 15 is 0 Å². The van der Waals surface area contributed by atoms with E-state index in [9.17, 15) is 24.0 Å². The maximum absolute atomic E-state index is 14.7. The summed E-state index contributed by atoms with van der Waals surface area (Å²) >= 11 is 0. The minimum absolute atomic E-state index is 0.0888. The summed E-state index contributed by atoms with van der Waals surface area (Å²) < 4.78 is 0. The number of rotatable bonds is 20. The Bertz CT molecular complexity index is 1640. The predicted octanol–water partition coefficient (Wildman–Crippen LogP) is 3.83. The summed E-state index contributed by atoms with van der Waals surface area (Å²) in [6.45, 7) is 0.650. The molecule has 312 valence electrons. The maximum atomic E-state index is 14.7. The summed E-state index contributed by atoms with van der Waals surface area (Å²) in [5.41, 5.74) is 26.5. The van der Waals surface area contributed by atoms with Gasteiger partial charge in [0.15, 0.2) is 11.6 Å². The molecule has 1 saturated heterocycles. The summed E-state index contributed by atoms with van der Waals surface area (Å²) in [5.74, 6) is -1.24. The number of unbranched alkanes of at least 4 members (excludes halogenated alkanes) is 1. The average molecular weight is 787 g/mol. The second kappa shape index (κ2) is 22.2. The van der Waals surface area contributed by atoms with Gasteiger partial charge < -0.3 is 38.5 Å². The molecule has 2 heterocycles. The van der Waals surface area contributed by atoms with Crippen LogP contribution in [0.3, 0.4) is 0 Å². The number of likely N-dealkylation sites (tertiary alicyclic amines) is 1. The number of nitrogens with one attached hydrogen (secondary N) is 2. The van der Waals surface area contributed by atoms with Crippen LogP contribution in [0.1, 0.15) is 141 Å². The van der Waals surface area contributed by atoms with Crippen molar-refractivity contribution in [2.45, 2.75) is 152 Å². The molecule has 1 aliphatic heterocycles. The maximum Gasteiger partial charge on any atom is 0.245 e. The molecule has 0 radical (unpaired) electrons. The minimum atomic E-state index is -0.912. The Kier molecular flexibility index (Phi) is 17.2. The second-order valence-corrected chi connectivity index (χ2v) is 16.7. The Labute approximate surface area is 338 Å². The number of Topliss-reactive ketones (excluding diaryl/α,β-unsaturated/α-hetero) is 2. The van der Waals surface area contributed by atoms with Gasteiger partial charge in [0.25, 0.3) is 0 Å². The lowest BCUT2D eigenvalue weighted by atomic mass is 9.82. The van der Waals surface area contributed by atoms with Gasteiger partial charge in [0.1, 0.15) is 6.04 Å². The molecule has 0 unspecified atom stereocenters. The zero-order valence-electron chi connectivity index (χ0n) is 33.7. The van der Waals surface area contributed by atoms with Gasteiger partial charge in [-0.3, -0.25) is 29.0 Å². The molecule has 0 bridgehead atoms. The molecule has 3 fully saturated rings. The summed E-state index contributed by atoms with van der Waals surface area (Å²) in [5, 5.41) is 5.78. The highest BCUT2D eigenvalue weighted by Gasteiger charge is 2.40. The Morgan fingerprint density at radius 1 is 0.754 bits per heavy atom. The number of nitrogens with zero attached hydrogens (tertiary/aromatic N) is 2. The highest BCUT2D eigenvalue weighted by Crippen LogP contribution is 2.31. The van der Waals surface area contributed by atoms with Gasteiger partial charge in [-0.15, -0.1) is 0 Å². The standard InChI is InChI=1S/C44H66N8O5/c45-22-11-10-19-36(51-43(56)35(48)27-31-17-8-3-9-18-31)44(57)52-24-12-20-38(52)40(53)32-21-23-49-37(28-50-42(55)34(47)26-30-15-6-2-7-16-30)39(32)41(54)33(46)25-29-13-4-1-5-14-29/h3,8-9,17-18,21,23,29-30,33-36,38H,1-2,4-7,10-16,19-20,22,24-28,45-48H2,(H,50,55)(H,51,56)/t33-,34+,35+,36+,38+/m1/s1. The Morgan fingerprint density at radius 2 is 1.40 bits per heavy atom. The Hall–Kier alpha value is -4.04. The van der Waals surface area contributed by atoms with Crippen LogP contribution in [0.2, 0.25) is 0 Å². The van der Waals surface area contributed by atoms with Crippen molar-refractivity contribution in [3.63, 3.8) is 0 Å². The highest BCUT2D eigenvalue weighted by molar-refractivity contribution is 6.13. The van der Waals surface area contributed by atoms with Crippen LogP contribution in [0.5, 0.6) is 0 Å². The predicted molar refractivity (Wildman–Crippen MR) is 221 cm³/mol. The molecule has 1 aromatic heterocycles. The van der Waals surface area contributed by atoms with Gasteiger partial charge in [0, 0.05) is 18.3 Å². The van der Waals surface area contributed by atoms with Gasteiger partial charge in [0.2, 0.25) is 17.7 Å². The van der Waals surface area contributed by atoms with Crippen LogP contribution < -0.4 is 33.6 Å². The molecule has 2 aromatic rings. The van der Waals surface area contributed by atoms with Crippen molar-refractivity contribution in [2.24, 2.45) is 34.8 Å². The normalized spacial score (nSPS) is 20.0. The monoisotopic (exact) mass is 787 g/mol. The third-order valence-corrected chi connectivity index (χ3v) is 12.3. The molecule has 57 heavy (non-hydrogen) atoms. The number of benzene rings is 1. The fourth-order valence-electron chi connectivity index (χ4n) is 9.06. The lowest BCUT2D eigenvalue weighted by Gasteiger charge is -2.30. The third-order valence-electron chi connectivity index (χ3n) is 12.3. The lowest BCUT2D eigenvalue weighted by Crippen LogP contribution is -2.55. The van der Waals surface area contributed by atoms with Gasteiger partial charge in [-0.1, -0.05) is 94.5 Å². The first-order valence-electron chi connectivity index (χ1n) is 21.5. The lowest BCUT2D eigenvalue weighted by molar-refractivity contribution is -0.137. The molecular formula is C44H66N8O5. The van der Waals surface area contributed by atoms with Crippen LogP contribution in [0, 0.1) is 11.8 Å². The fourth-order valence-corrected chi connectivity index (χ4v) is 9.06. The van der Waals surface area contributed by atoms with Crippen LogP contribution in [-0.4, -0.2) is 82.5 Å².